The molecule has 7 heteroatoms. The molecule has 1 fully saturated rings. The summed E-state index contributed by atoms with van der Waals surface area (Å²) in [5.41, 5.74) is 7.80. The minimum Gasteiger partial charge on any atom is -0.383 e. The van der Waals surface area contributed by atoms with Crippen LogP contribution in [-0.2, 0) is 17.9 Å². The molecule has 0 bridgehead atoms. The van der Waals surface area contributed by atoms with Crippen LogP contribution in [0.3, 0.4) is 0 Å². The van der Waals surface area contributed by atoms with E-state index in [-0.39, 0.29) is 47.8 Å². The molecular formula is C28H32N4O3. The van der Waals surface area contributed by atoms with E-state index in [0.717, 1.165) is 16.7 Å². The number of carbonyl (C=O) groups is 1. The van der Waals surface area contributed by atoms with Crippen molar-refractivity contribution < 1.29 is 4.79 Å². The Morgan fingerprint density at radius 1 is 1.03 bits per heavy atom. The molecule has 1 amide bonds. The summed E-state index contributed by atoms with van der Waals surface area (Å²) in [5.74, 6) is -0.434. The maximum absolute atomic E-state index is 14.0. The van der Waals surface area contributed by atoms with Crippen LogP contribution >= 0.6 is 0 Å². The lowest BCUT2D eigenvalue weighted by Crippen LogP contribution is -2.42. The number of anilines is 2. The van der Waals surface area contributed by atoms with Gasteiger partial charge < -0.3 is 5.73 Å². The molecule has 4 rings (SSSR count). The molecule has 1 aromatic heterocycles. The van der Waals surface area contributed by atoms with Gasteiger partial charge in [0, 0.05) is 0 Å². The van der Waals surface area contributed by atoms with Gasteiger partial charge in [-0.3, -0.25) is 24.0 Å². The summed E-state index contributed by atoms with van der Waals surface area (Å²) in [4.78, 5) is 43.6. The third kappa shape index (κ3) is 4.85. The molecular weight excluding hydrogens is 440 g/mol. The van der Waals surface area contributed by atoms with Crippen molar-refractivity contribution in [3.63, 3.8) is 0 Å². The highest BCUT2D eigenvalue weighted by molar-refractivity contribution is 5.99. The lowest BCUT2D eigenvalue weighted by Gasteiger charge is -2.25. The number of H-pyrrole nitrogens is 1. The number of carbonyl (C=O) groups excluding carboxylic acids is 1. The summed E-state index contributed by atoms with van der Waals surface area (Å²) in [6, 6.07) is 18.8. The summed E-state index contributed by atoms with van der Waals surface area (Å²) in [5, 5.41) is 0. The lowest BCUT2D eigenvalue weighted by atomic mass is 10.1. The van der Waals surface area contributed by atoms with E-state index in [2.05, 4.69) is 24.9 Å². The van der Waals surface area contributed by atoms with Gasteiger partial charge in [-0.05, 0) is 36.3 Å². The molecule has 2 aromatic carbocycles. The van der Waals surface area contributed by atoms with E-state index in [1.54, 1.807) is 0 Å². The number of hydrogen-bond acceptors (Lipinski definition) is 4. The Balaban J connectivity index is 1.81. The number of aromatic nitrogens is 2. The molecule has 3 aromatic rings. The highest BCUT2D eigenvalue weighted by Gasteiger charge is 2.61. The van der Waals surface area contributed by atoms with Gasteiger partial charge in [0.15, 0.2) is 5.69 Å². The second kappa shape index (κ2) is 9.41. The van der Waals surface area contributed by atoms with Gasteiger partial charge in [0.1, 0.15) is 5.82 Å². The summed E-state index contributed by atoms with van der Waals surface area (Å²) < 4.78 is 1.31. The maximum Gasteiger partial charge on any atom is 0.330 e. The number of nitrogens with zero attached hydrogens (tertiary/aromatic N) is 2. The van der Waals surface area contributed by atoms with Gasteiger partial charge in [-0.25, -0.2) is 4.79 Å². The first kappa shape index (κ1) is 24.3. The summed E-state index contributed by atoms with van der Waals surface area (Å²) in [6.07, 6.45) is 2.12. The Morgan fingerprint density at radius 3 is 2.17 bits per heavy atom. The zero-order valence-corrected chi connectivity index (χ0v) is 20.6. The van der Waals surface area contributed by atoms with Crippen LogP contribution in [-0.4, -0.2) is 15.5 Å². The van der Waals surface area contributed by atoms with Crippen LogP contribution in [0.1, 0.15) is 38.8 Å². The number of amides is 1. The van der Waals surface area contributed by atoms with Crippen LogP contribution in [0.4, 0.5) is 11.5 Å². The van der Waals surface area contributed by atoms with Crippen molar-refractivity contribution in [1.29, 1.82) is 0 Å². The van der Waals surface area contributed by atoms with Gasteiger partial charge in [0.2, 0.25) is 5.91 Å². The largest absolute Gasteiger partial charge is 0.383 e. The predicted molar refractivity (Wildman–Crippen MR) is 139 cm³/mol. The summed E-state index contributed by atoms with van der Waals surface area (Å²) in [7, 11) is 0. The first-order valence-corrected chi connectivity index (χ1v) is 11.8. The second-order valence-corrected chi connectivity index (χ2v) is 10.0. The minimum atomic E-state index is -0.668. The van der Waals surface area contributed by atoms with Crippen LogP contribution < -0.4 is 21.9 Å². The molecule has 3 N–H and O–H groups in total. The van der Waals surface area contributed by atoms with Crippen LogP contribution in [0.5, 0.6) is 0 Å². The van der Waals surface area contributed by atoms with Crippen molar-refractivity contribution in [2.45, 2.75) is 40.8 Å². The molecule has 35 heavy (non-hydrogen) atoms. The third-order valence-electron chi connectivity index (χ3n) is 6.81. The quantitative estimate of drug-likeness (QED) is 0.509. The lowest BCUT2D eigenvalue weighted by molar-refractivity contribution is -0.120. The van der Waals surface area contributed by atoms with E-state index >= 15 is 0 Å². The molecule has 1 aliphatic carbocycles. The van der Waals surface area contributed by atoms with Crippen molar-refractivity contribution in [3.8, 4) is 0 Å². The molecule has 1 heterocycles. The SMILES string of the molecule is CC(C)=CC1C(C(=O)N(Cc2ccccc2)c2c(N)n(Cc3ccccc3)c(=O)[nH]c2=O)C1(C)C. The second-order valence-electron chi connectivity index (χ2n) is 10.0. The molecule has 182 valence electrons. The number of nitrogens with one attached hydrogen (secondary N) is 1. The Bertz CT molecular complexity index is 1370. The van der Waals surface area contributed by atoms with Gasteiger partial charge in [0.25, 0.3) is 5.56 Å². The van der Waals surface area contributed by atoms with Gasteiger partial charge in [-0.15, -0.1) is 0 Å². The van der Waals surface area contributed by atoms with Crippen molar-refractivity contribution in [2.75, 3.05) is 10.6 Å². The molecule has 2 atom stereocenters. The highest BCUT2D eigenvalue weighted by Crippen LogP contribution is 2.60. The monoisotopic (exact) mass is 472 g/mol. The number of aromatic amines is 1. The Hall–Kier alpha value is -3.87. The molecule has 0 saturated heterocycles. The zero-order valence-electron chi connectivity index (χ0n) is 20.6. The van der Waals surface area contributed by atoms with E-state index in [4.69, 9.17) is 5.73 Å². The maximum atomic E-state index is 14.0. The van der Waals surface area contributed by atoms with Crippen molar-refractivity contribution in [2.24, 2.45) is 17.3 Å². The molecule has 0 radical (unpaired) electrons. The Labute approximate surface area is 204 Å². The van der Waals surface area contributed by atoms with E-state index in [1.807, 2.05) is 74.5 Å². The average molecular weight is 473 g/mol. The normalized spacial score (nSPS) is 18.1. The predicted octanol–water partition coefficient (Wildman–Crippen LogP) is 3.94. The number of nitrogen functional groups attached to an aromatic ring is 1. The van der Waals surface area contributed by atoms with Crippen molar-refractivity contribution >= 4 is 17.4 Å². The molecule has 1 aliphatic rings. The first-order valence-electron chi connectivity index (χ1n) is 11.8. The van der Waals surface area contributed by atoms with Crippen molar-refractivity contribution in [3.05, 3.63) is 104 Å². The third-order valence-corrected chi connectivity index (χ3v) is 6.81. The number of nitrogens with two attached hydrogens (primary N) is 1. The molecule has 7 nitrogen and oxygen atoms in total. The Kier molecular flexibility index (Phi) is 6.52. The van der Waals surface area contributed by atoms with E-state index in [9.17, 15) is 14.4 Å². The van der Waals surface area contributed by atoms with E-state index in [0.29, 0.717) is 0 Å². The van der Waals surface area contributed by atoms with E-state index in [1.165, 1.54) is 9.47 Å². The van der Waals surface area contributed by atoms with Gasteiger partial charge in [0.05, 0.1) is 19.0 Å². The average Bonchev–Trinajstić information content (AvgIpc) is 3.35. The molecule has 1 saturated carbocycles. The number of allylic oxidation sites excluding steroid dienone is 2. The first-order chi connectivity index (χ1) is 16.6. The fourth-order valence-electron chi connectivity index (χ4n) is 4.78. The van der Waals surface area contributed by atoms with E-state index < -0.39 is 11.2 Å². The van der Waals surface area contributed by atoms with Crippen LogP contribution in [0.25, 0.3) is 0 Å². The molecule has 0 spiro atoms. The van der Waals surface area contributed by atoms with Crippen LogP contribution in [0.2, 0.25) is 0 Å². The number of hydrogen-bond donors (Lipinski definition) is 2. The van der Waals surface area contributed by atoms with Gasteiger partial charge in [-0.2, -0.15) is 0 Å². The fourth-order valence-corrected chi connectivity index (χ4v) is 4.78. The van der Waals surface area contributed by atoms with Crippen molar-refractivity contribution in [1.82, 2.24) is 9.55 Å². The summed E-state index contributed by atoms with van der Waals surface area (Å²) >= 11 is 0. The van der Waals surface area contributed by atoms with Crippen LogP contribution in [0.15, 0.2) is 81.9 Å². The molecule has 2 unspecified atom stereocenters. The fraction of sp³-hybridized carbons (Fsp3) is 0.321. The smallest absolute Gasteiger partial charge is 0.330 e. The highest BCUT2D eigenvalue weighted by atomic mass is 16.2. The standard InChI is InChI=1S/C28H32N4O3/c1-18(2)15-21-22(28(21,3)4)26(34)31(16-19-11-7-5-8-12-19)23-24(29)32(27(35)30-25(23)33)17-20-13-9-6-10-14-20/h5-15,21-22H,16-17,29H2,1-4H3,(H,30,33,35). The number of benzene rings is 2. The summed E-state index contributed by atoms with van der Waals surface area (Å²) in [6.45, 7) is 8.50. The van der Waals surface area contributed by atoms with Gasteiger partial charge >= 0.3 is 5.69 Å². The topological polar surface area (TPSA) is 101 Å². The van der Waals surface area contributed by atoms with Gasteiger partial charge in [-0.1, -0.05) is 86.2 Å². The molecule has 0 aliphatic heterocycles. The Morgan fingerprint density at radius 2 is 1.60 bits per heavy atom. The number of rotatable bonds is 7. The van der Waals surface area contributed by atoms with Crippen LogP contribution in [0, 0.1) is 17.3 Å². The minimum absolute atomic E-state index is 0.00744. The zero-order chi connectivity index (χ0) is 25.3.